The van der Waals surface area contributed by atoms with E-state index in [4.69, 9.17) is 4.42 Å². The predicted molar refractivity (Wildman–Crippen MR) is 82.2 cm³/mol. The highest BCUT2D eigenvalue weighted by atomic mass is 16.3. The van der Waals surface area contributed by atoms with Crippen LogP contribution in [0.1, 0.15) is 49.6 Å². The Balaban J connectivity index is 1.36. The molecule has 2 saturated carbocycles. The van der Waals surface area contributed by atoms with E-state index in [0.29, 0.717) is 18.9 Å². The van der Waals surface area contributed by atoms with Crippen LogP contribution in [-0.4, -0.2) is 24.4 Å². The van der Waals surface area contributed by atoms with Gasteiger partial charge in [-0.1, -0.05) is 6.42 Å². The molecule has 3 rings (SSSR count). The van der Waals surface area contributed by atoms with Crippen LogP contribution in [0.3, 0.4) is 0 Å². The van der Waals surface area contributed by atoms with Crippen molar-refractivity contribution in [3.05, 3.63) is 24.2 Å². The second kappa shape index (κ2) is 6.55. The van der Waals surface area contributed by atoms with Gasteiger partial charge in [-0.15, -0.1) is 0 Å². The molecule has 22 heavy (non-hydrogen) atoms. The Hall–Kier alpha value is -1.78. The third-order valence-electron chi connectivity index (χ3n) is 5.21. The average Bonchev–Trinajstić information content (AvgIpc) is 3.23. The quantitative estimate of drug-likeness (QED) is 0.847. The van der Waals surface area contributed by atoms with Crippen molar-refractivity contribution in [2.45, 2.75) is 45.1 Å². The topological polar surface area (TPSA) is 71.3 Å². The van der Waals surface area contributed by atoms with Crippen molar-refractivity contribution in [3.63, 3.8) is 0 Å². The molecule has 2 N–H and O–H groups in total. The van der Waals surface area contributed by atoms with Crippen LogP contribution in [0.15, 0.2) is 22.8 Å². The molecule has 0 spiro atoms. The molecule has 4 atom stereocenters. The summed E-state index contributed by atoms with van der Waals surface area (Å²) >= 11 is 0. The lowest BCUT2D eigenvalue weighted by Gasteiger charge is -2.28. The summed E-state index contributed by atoms with van der Waals surface area (Å²) in [6.07, 6.45) is 7.08. The van der Waals surface area contributed by atoms with E-state index in [9.17, 15) is 9.59 Å². The molecule has 2 aliphatic carbocycles. The van der Waals surface area contributed by atoms with E-state index in [0.717, 1.165) is 11.8 Å². The Morgan fingerprint density at radius 1 is 1.36 bits per heavy atom. The Morgan fingerprint density at radius 3 is 2.86 bits per heavy atom. The van der Waals surface area contributed by atoms with Gasteiger partial charge in [0.2, 0.25) is 5.91 Å². The van der Waals surface area contributed by atoms with E-state index >= 15 is 0 Å². The third-order valence-corrected chi connectivity index (χ3v) is 5.21. The van der Waals surface area contributed by atoms with Gasteiger partial charge in [-0.05, 0) is 56.1 Å². The molecule has 2 aliphatic rings. The van der Waals surface area contributed by atoms with Gasteiger partial charge in [-0.25, -0.2) is 0 Å². The van der Waals surface area contributed by atoms with Crippen LogP contribution in [0.25, 0.3) is 0 Å². The Bertz CT molecular complexity index is 526. The molecule has 0 saturated heterocycles. The van der Waals surface area contributed by atoms with Crippen LogP contribution in [0, 0.1) is 17.8 Å². The largest absolute Gasteiger partial charge is 0.459 e. The molecule has 0 aliphatic heterocycles. The summed E-state index contributed by atoms with van der Waals surface area (Å²) in [7, 11) is 0. The minimum atomic E-state index is -0.279. The van der Waals surface area contributed by atoms with Gasteiger partial charge in [0.15, 0.2) is 5.76 Å². The molecule has 1 heterocycles. The first kappa shape index (κ1) is 15.1. The van der Waals surface area contributed by atoms with Gasteiger partial charge in [0.25, 0.3) is 5.91 Å². The zero-order chi connectivity index (χ0) is 15.5. The van der Waals surface area contributed by atoms with Gasteiger partial charge in [0.05, 0.1) is 6.26 Å². The van der Waals surface area contributed by atoms with E-state index in [1.165, 1.54) is 31.9 Å². The van der Waals surface area contributed by atoms with Crippen LogP contribution >= 0.6 is 0 Å². The van der Waals surface area contributed by atoms with Crippen molar-refractivity contribution in [3.8, 4) is 0 Å². The average molecular weight is 304 g/mol. The maximum atomic E-state index is 12.0. The number of carbonyl (C=O) groups is 2. The lowest BCUT2D eigenvalue weighted by Crippen LogP contribution is -2.41. The van der Waals surface area contributed by atoms with Gasteiger partial charge in [0, 0.05) is 19.0 Å². The third kappa shape index (κ3) is 3.34. The molecule has 5 heteroatoms. The van der Waals surface area contributed by atoms with Crippen molar-refractivity contribution in [1.29, 1.82) is 0 Å². The minimum absolute atomic E-state index is 0.00928. The maximum absolute atomic E-state index is 12.0. The molecule has 2 amide bonds. The van der Waals surface area contributed by atoms with Crippen LogP contribution in [0.5, 0.6) is 0 Å². The number of amides is 2. The first-order valence-corrected chi connectivity index (χ1v) is 8.24. The van der Waals surface area contributed by atoms with E-state index in [-0.39, 0.29) is 23.6 Å². The van der Waals surface area contributed by atoms with Crippen molar-refractivity contribution in [2.75, 3.05) is 6.54 Å². The molecular weight excluding hydrogens is 280 g/mol. The van der Waals surface area contributed by atoms with E-state index < -0.39 is 0 Å². The maximum Gasteiger partial charge on any atom is 0.286 e. The molecule has 1 aromatic heterocycles. The highest BCUT2D eigenvalue weighted by Gasteiger charge is 2.42. The fourth-order valence-electron chi connectivity index (χ4n) is 4.12. The number of carbonyl (C=O) groups excluding carboxylic acids is 2. The normalized spacial score (nSPS) is 27.6. The molecule has 2 bridgehead atoms. The summed E-state index contributed by atoms with van der Waals surface area (Å²) in [5.41, 5.74) is 0. The number of nitrogens with one attached hydrogen (secondary N) is 2. The van der Waals surface area contributed by atoms with E-state index in [1.54, 1.807) is 12.1 Å². The molecule has 0 radical (unpaired) electrons. The van der Waals surface area contributed by atoms with E-state index in [2.05, 4.69) is 17.6 Å². The standard InChI is InChI=1S/C17H24N2O3/c1-11(14-10-12-4-5-13(14)9-12)19-16(20)6-7-18-17(21)15-3-2-8-22-15/h2-3,8,11-14H,4-7,9-10H2,1H3,(H,18,21)(H,19,20). The SMILES string of the molecule is CC(NC(=O)CCNC(=O)c1ccco1)C1CC2CCC1C2. The number of furan rings is 1. The summed E-state index contributed by atoms with van der Waals surface area (Å²) in [5, 5.41) is 5.79. The number of fused-ring (bicyclic) bond motifs is 2. The van der Waals surface area contributed by atoms with Crippen molar-refractivity contribution < 1.29 is 14.0 Å². The van der Waals surface area contributed by atoms with Gasteiger partial charge in [0.1, 0.15) is 0 Å². The monoisotopic (exact) mass is 304 g/mol. The van der Waals surface area contributed by atoms with Crippen molar-refractivity contribution >= 4 is 11.8 Å². The number of rotatable bonds is 6. The van der Waals surface area contributed by atoms with Crippen LogP contribution in [0.4, 0.5) is 0 Å². The molecular formula is C17H24N2O3. The highest BCUT2D eigenvalue weighted by molar-refractivity contribution is 5.91. The minimum Gasteiger partial charge on any atom is -0.459 e. The zero-order valence-electron chi connectivity index (χ0n) is 13.0. The molecule has 5 nitrogen and oxygen atoms in total. The number of hydrogen-bond donors (Lipinski definition) is 2. The summed E-state index contributed by atoms with van der Waals surface area (Å²) in [6, 6.07) is 3.51. The lowest BCUT2D eigenvalue weighted by atomic mass is 9.84. The Morgan fingerprint density at radius 2 is 2.23 bits per heavy atom. The van der Waals surface area contributed by atoms with Crippen LogP contribution in [0.2, 0.25) is 0 Å². The molecule has 0 aromatic carbocycles. The second-order valence-corrected chi connectivity index (χ2v) is 6.68. The van der Waals surface area contributed by atoms with Crippen LogP contribution in [-0.2, 0) is 4.79 Å². The Labute approximate surface area is 130 Å². The van der Waals surface area contributed by atoms with Gasteiger partial charge in [-0.3, -0.25) is 9.59 Å². The Kier molecular flexibility index (Phi) is 4.50. The summed E-state index contributed by atoms with van der Waals surface area (Å²) in [5.74, 6) is 2.34. The second-order valence-electron chi connectivity index (χ2n) is 6.68. The molecule has 2 fully saturated rings. The molecule has 4 unspecified atom stereocenters. The summed E-state index contributed by atoms with van der Waals surface area (Å²) in [4.78, 5) is 23.7. The summed E-state index contributed by atoms with van der Waals surface area (Å²) in [6.45, 7) is 2.44. The predicted octanol–water partition coefficient (Wildman–Crippen LogP) is 2.34. The lowest BCUT2D eigenvalue weighted by molar-refractivity contribution is -0.122. The fourth-order valence-corrected chi connectivity index (χ4v) is 4.12. The first-order chi connectivity index (χ1) is 10.6. The first-order valence-electron chi connectivity index (χ1n) is 8.24. The van der Waals surface area contributed by atoms with Crippen LogP contribution < -0.4 is 10.6 Å². The van der Waals surface area contributed by atoms with E-state index in [1.807, 2.05) is 0 Å². The van der Waals surface area contributed by atoms with Gasteiger partial charge in [-0.2, -0.15) is 0 Å². The van der Waals surface area contributed by atoms with Gasteiger partial charge >= 0.3 is 0 Å². The fraction of sp³-hybridized carbons (Fsp3) is 0.647. The zero-order valence-corrected chi connectivity index (χ0v) is 13.0. The van der Waals surface area contributed by atoms with Crippen molar-refractivity contribution in [1.82, 2.24) is 10.6 Å². The number of hydrogen-bond acceptors (Lipinski definition) is 3. The van der Waals surface area contributed by atoms with Gasteiger partial charge < -0.3 is 15.1 Å². The van der Waals surface area contributed by atoms with Crippen molar-refractivity contribution in [2.24, 2.45) is 17.8 Å². The molecule has 1 aromatic rings. The summed E-state index contributed by atoms with van der Waals surface area (Å²) < 4.78 is 5.00. The smallest absolute Gasteiger partial charge is 0.286 e. The highest BCUT2D eigenvalue weighted by Crippen LogP contribution is 2.49. The molecule has 120 valence electrons.